The minimum absolute atomic E-state index is 0.0862. The summed E-state index contributed by atoms with van der Waals surface area (Å²) >= 11 is 0. The van der Waals surface area contributed by atoms with Crippen molar-refractivity contribution in [1.82, 2.24) is 4.98 Å². The largest absolute Gasteiger partial charge is 0.461 e. The fourth-order valence-corrected chi connectivity index (χ4v) is 2.88. The first-order chi connectivity index (χ1) is 11.2. The summed E-state index contributed by atoms with van der Waals surface area (Å²) in [5, 5.41) is 9.75. The molecule has 116 valence electrons. The van der Waals surface area contributed by atoms with E-state index in [4.69, 9.17) is 9.47 Å². The van der Waals surface area contributed by atoms with E-state index in [1.54, 1.807) is 19.5 Å². The average molecular weight is 306 g/mol. The smallest absolute Gasteiger partial charge is 0.208 e. The molecule has 2 heterocycles. The number of methoxy groups -OCH3 is 1. The number of nitrogens with zero attached hydrogens (tertiary/aromatic N) is 2. The summed E-state index contributed by atoms with van der Waals surface area (Å²) in [7, 11) is 1.63. The van der Waals surface area contributed by atoms with Crippen molar-refractivity contribution in [2.75, 3.05) is 7.11 Å². The molecular formula is C19H18N2O2. The maximum absolute atomic E-state index is 9.75. The molecule has 0 bridgehead atoms. The predicted octanol–water partition coefficient (Wildman–Crippen LogP) is 3.88. The molecule has 0 fully saturated rings. The first-order valence-electron chi connectivity index (χ1n) is 7.50. The molecule has 2 atom stereocenters. The van der Waals surface area contributed by atoms with Crippen molar-refractivity contribution in [1.29, 1.82) is 5.26 Å². The van der Waals surface area contributed by atoms with Crippen LogP contribution in [0.4, 0.5) is 0 Å². The van der Waals surface area contributed by atoms with Gasteiger partial charge in [0.2, 0.25) is 5.79 Å². The summed E-state index contributed by atoms with van der Waals surface area (Å²) in [6, 6.07) is 15.9. The molecule has 2 aromatic rings. The Balaban J connectivity index is 2.16. The van der Waals surface area contributed by atoms with Crippen LogP contribution in [0.25, 0.3) is 5.76 Å². The molecule has 1 aromatic heterocycles. The Morgan fingerprint density at radius 3 is 2.52 bits per heavy atom. The minimum Gasteiger partial charge on any atom is -0.461 e. The van der Waals surface area contributed by atoms with Gasteiger partial charge in [-0.25, -0.2) is 0 Å². The third kappa shape index (κ3) is 2.96. The first-order valence-corrected chi connectivity index (χ1v) is 7.50. The van der Waals surface area contributed by atoms with Crippen molar-refractivity contribution in [2.45, 2.75) is 25.0 Å². The van der Waals surface area contributed by atoms with E-state index >= 15 is 0 Å². The number of hydrogen-bond donors (Lipinski definition) is 0. The molecule has 0 radical (unpaired) electrons. The molecule has 0 amide bonds. The number of aromatic nitrogens is 1. The monoisotopic (exact) mass is 306 g/mol. The molecule has 1 aliphatic heterocycles. The Morgan fingerprint density at radius 2 is 1.91 bits per heavy atom. The SMILES string of the molecule is CO[C@]1(C)C[C@H](c2ccncc2)C(C#N)=C(c2ccccc2)O1. The molecule has 1 aromatic carbocycles. The molecule has 1 aliphatic rings. The van der Waals surface area contributed by atoms with Gasteiger partial charge in [-0.1, -0.05) is 30.3 Å². The number of benzene rings is 1. The molecule has 0 saturated heterocycles. The molecule has 3 rings (SSSR count). The van der Waals surface area contributed by atoms with Gasteiger partial charge in [0.25, 0.3) is 0 Å². The van der Waals surface area contributed by atoms with Crippen LogP contribution in [-0.2, 0) is 9.47 Å². The molecule has 0 aliphatic carbocycles. The van der Waals surface area contributed by atoms with Crippen molar-refractivity contribution < 1.29 is 9.47 Å². The molecule has 0 spiro atoms. The third-order valence-electron chi connectivity index (χ3n) is 4.18. The topological polar surface area (TPSA) is 55.1 Å². The number of ether oxygens (including phenoxy) is 2. The lowest BCUT2D eigenvalue weighted by Crippen LogP contribution is -2.37. The van der Waals surface area contributed by atoms with Gasteiger partial charge in [-0.3, -0.25) is 4.98 Å². The second-order valence-corrected chi connectivity index (χ2v) is 5.70. The van der Waals surface area contributed by atoms with E-state index < -0.39 is 5.79 Å². The van der Waals surface area contributed by atoms with Crippen molar-refractivity contribution in [2.24, 2.45) is 0 Å². The van der Waals surface area contributed by atoms with Gasteiger partial charge < -0.3 is 9.47 Å². The van der Waals surface area contributed by atoms with Crippen LogP contribution in [0.5, 0.6) is 0 Å². The summed E-state index contributed by atoms with van der Waals surface area (Å²) in [5.74, 6) is -0.276. The van der Waals surface area contributed by atoms with Gasteiger partial charge in [0.1, 0.15) is 5.76 Å². The number of pyridine rings is 1. The van der Waals surface area contributed by atoms with E-state index in [1.165, 1.54) is 0 Å². The molecule has 0 unspecified atom stereocenters. The summed E-state index contributed by atoms with van der Waals surface area (Å²) < 4.78 is 11.7. The van der Waals surface area contributed by atoms with Crippen molar-refractivity contribution in [3.63, 3.8) is 0 Å². The van der Waals surface area contributed by atoms with Crippen LogP contribution in [0, 0.1) is 11.3 Å². The standard InChI is InChI=1S/C19H18N2O2/c1-19(22-2)12-16(14-8-10-21-11-9-14)17(13-20)18(23-19)15-6-4-3-5-7-15/h3-11,16H,12H2,1-2H3/t16-,19+/m1/s1. The molecule has 0 N–H and O–H groups in total. The van der Waals surface area contributed by atoms with Crippen molar-refractivity contribution >= 4 is 5.76 Å². The lowest BCUT2D eigenvalue weighted by atomic mass is 9.82. The predicted molar refractivity (Wildman–Crippen MR) is 87.1 cm³/mol. The van der Waals surface area contributed by atoms with E-state index in [1.807, 2.05) is 49.4 Å². The van der Waals surface area contributed by atoms with Crippen LogP contribution < -0.4 is 0 Å². The van der Waals surface area contributed by atoms with Gasteiger partial charge in [-0.05, 0) is 17.7 Å². The lowest BCUT2D eigenvalue weighted by molar-refractivity contribution is -0.179. The van der Waals surface area contributed by atoms with E-state index in [0.717, 1.165) is 11.1 Å². The zero-order valence-corrected chi connectivity index (χ0v) is 13.2. The van der Waals surface area contributed by atoms with Gasteiger partial charge >= 0.3 is 0 Å². The van der Waals surface area contributed by atoms with Gasteiger partial charge in [-0.15, -0.1) is 0 Å². The van der Waals surface area contributed by atoms with Crippen LogP contribution in [0.15, 0.2) is 60.4 Å². The Morgan fingerprint density at radius 1 is 1.22 bits per heavy atom. The highest BCUT2D eigenvalue weighted by Crippen LogP contribution is 2.44. The van der Waals surface area contributed by atoms with Crippen LogP contribution >= 0.6 is 0 Å². The number of rotatable bonds is 3. The number of nitriles is 1. The van der Waals surface area contributed by atoms with Gasteiger partial charge in [-0.2, -0.15) is 5.26 Å². The van der Waals surface area contributed by atoms with Crippen LogP contribution in [-0.4, -0.2) is 17.9 Å². The molecule has 23 heavy (non-hydrogen) atoms. The zero-order valence-electron chi connectivity index (χ0n) is 13.2. The highest BCUT2D eigenvalue weighted by Gasteiger charge is 2.40. The van der Waals surface area contributed by atoms with E-state index in [-0.39, 0.29) is 5.92 Å². The van der Waals surface area contributed by atoms with Gasteiger partial charge in [0.05, 0.1) is 11.6 Å². The Hall–Kier alpha value is -2.64. The van der Waals surface area contributed by atoms with E-state index in [0.29, 0.717) is 17.8 Å². The highest BCUT2D eigenvalue weighted by atomic mass is 16.7. The van der Waals surface area contributed by atoms with Crippen molar-refractivity contribution in [3.05, 3.63) is 71.6 Å². The second kappa shape index (κ2) is 6.23. The van der Waals surface area contributed by atoms with Crippen LogP contribution in [0.1, 0.15) is 30.4 Å². The maximum Gasteiger partial charge on any atom is 0.208 e. The second-order valence-electron chi connectivity index (χ2n) is 5.70. The quantitative estimate of drug-likeness (QED) is 0.863. The Labute approximate surface area is 136 Å². The van der Waals surface area contributed by atoms with Gasteiger partial charge in [0, 0.05) is 44.3 Å². The summed E-state index contributed by atoms with van der Waals surface area (Å²) in [4.78, 5) is 4.06. The molecule has 0 saturated carbocycles. The fraction of sp³-hybridized carbons (Fsp3) is 0.263. The minimum atomic E-state index is -0.778. The van der Waals surface area contributed by atoms with E-state index in [2.05, 4.69) is 11.1 Å². The number of hydrogen-bond acceptors (Lipinski definition) is 4. The Kier molecular flexibility index (Phi) is 4.14. The van der Waals surface area contributed by atoms with Crippen LogP contribution in [0.2, 0.25) is 0 Å². The van der Waals surface area contributed by atoms with Gasteiger partial charge in [0.15, 0.2) is 0 Å². The highest BCUT2D eigenvalue weighted by molar-refractivity contribution is 5.70. The summed E-state index contributed by atoms with van der Waals surface area (Å²) in [6.45, 7) is 1.90. The molecule has 4 heteroatoms. The third-order valence-corrected chi connectivity index (χ3v) is 4.18. The first kappa shape index (κ1) is 15.3. The normalized spacial score (nSPS) is 24.0. The van der Waals surface area contributed by atoms with Crippen molar-refractivity contribution in [3.8, 4) is 6.07 Å². The summed E-state index contributed by atoms with van der Waals surface area (Å²) in [6.07, 6.45) is 4.06. The molecular weight excluding hydrogens is 288 g/mol. The Bertz CT molecular complexity index is 750. The lowest BCUT2D eigenvalue weighted by Gasteiger charge is -2.38. The maximum atomic E-state index is 9.75. The average Bonchev–Trinajstić information content (AvgIpc) is 2.62. The fourth-order valence-electron chi connectivity index (χ4n) is 2.88. The van der Waals surface area contributed by atoms with E-state index in [9.17, 15) is 5.26 Å². The zero-order chi connectivity index (χ0) is 16.3. The molecule has 4 nitrogen and oxygen atoms in total. The summed E-state index contributed by atoms with van der Waals surface area (Å²) in [5.41, 5.74) is 2.54. The number of allylic oxidation sites excluding steroid dienone is 1. The van der Waals surface area contributed by atoms with Crippen LogP contribution in [0.3, 0.4) is 0 Å².